The normalized spacial score (nSPS) is 28.0. The van der Waals surface area contributed by atoms with Crippen LogP contribution in [0.15, 0.2) is 12.1 Å². The average Bonchev–Trinajstić information content (AvgIpc) is 2.90. The van der Waals surface area contributed by atoms with Gasteiger partial charge in [-0.25, -0.2) is 0 Å². The van der Waals surface area contributed by atoms with Gasteiger partial charge in [-0.2, -0.15) is 11.8 Å². The van der Waals surface area contributed by atoms with E-state index in [0.29, 0.717) is 11.1 Å². The van der Waals surface area contributed by atoms with Gasteiger partial charge in [-0.15, -0.1) is 0 Å². The van der Waals surface area contributed by atoms with Crippen LogP contribution in [0, 0.1) is 17.0 Å². The van der Waals surface area contributed by atoms with E-state index in [1.54, 1.807) is 6.07 Å². The smallest absolute Gasteiger partial charge is 0.271 e. The molecule has 120 valence electrons. The molecule has 0 bridgehead atoms. The molecule has 2 atom stereocenters. The molecule has 0 aliphatic carbocycles. The van der Waals surface area contributed by atoms with Crippen molar-refractivity contribution in [2.45, 2.75) is 37.8 Å². The standard InChI is InChI=1S/C15H19ClN2O3S/c1-10-6-12(18(19)20)7-13(16)14(10)17-11-2-4-21-15(8-11)3-5-22-9-15/h6-7,11,17H,2-5,8-9H2,1H3. The van der Waals surface area contributed by atoms with Gasteiger partial charge >= 0.3 is 0 Å². The van der Waals surface area contributed by atoms with Crippen LogP contribution in [0.25, 0.3) is 0 Å². The van der Waals surface area contributed by atoms with E-state index in [-0.39, 0.29) is 11.3 Å². The van der Waals surface area contributed by atoms with Crippen molar-refractivity contribution in [1.82, 2.24) is 0 Å². The SMILES string of the molecule is Cc1cc([N+](=O)[O-])cc(Cl)c1NC1CCOC2(CCSC2)C1. The summed E-state index contributed by atoms with van der Waals surface area (Å²) < 4.78 is 6.02. The molecule has 2 heterocycles. The highest BCUT2D eigenvalue weighted by Gasteiger charge is 2.40. The molecular weight excluding hydrogens is 324 g/mol. The topological polar surface area (TPSA) is 64.4 Å². The number of hydrogen-bond donors (Lipinski definition) is 1. The summed E-state index contributed by atoms with van der Waals surface area (Å²) in [4.78, 5) is 10.5. The molecule has 0 amide bonds. The third-order valence-electron chi connectivity index (χ3n) is 4.39. The molecule has 1 aromatic carbocycles. The number of ether oxygens (including phenoxy) is 1. The van der Waals surface area contributed by atoms with Crippen LogP contribution < -0.4 is 5.32 Å². The lowest BCUT2D eigenvalue weighted by Crippen LogP contribution is -2.44. The average molecular weight is 343 g/mol. The molecule has 3 rings (SSSR count). The minimum atomic E-state index is -0.415. The second-order valence-corrected chi connectivity index (χ2v) is 7.56. The van der Waals surface area contributed by atoms with Crippen LogP contribution in [0.5, 0.6) is 0 Å². The first-order valence-corrected chi connectivity index (χ1v) is 8.95. The number of nitrogens with one attached hydrogen (secondary N) is 1. The zero-order chi connectivity index (χ0) is 15.7. The van der Waals surface area contributed by atoms with Crippen molar-refractivity contribution in [2.75, 3.05) is 23.4 Å². The second-order valence-electron chi connectivity index (χ2n) is 6.04. The van der Waals surface area contributed by atoms with Crippen molar-refractivity contribution in [3.63, 3.8) is 0 Å². The molecule has 5 nitrogen and oxygen atoms in total. The van der Waals surface area contributed by atoms with Crippen LogP contribution in [0.3, 0.4) is 0 Å². The van der Waals surface area contributed by atoms with Crippen molar-refractivity contribution in [3.05, 3.63) is 32.8 Å². The zero-order valence-electron chi connectivity index (χ0n) is 12.4. The van der Waals surface area contributed by atoms with E-state index >= 15 is 0 Å². The highest BCUT2D eigenvalue weighted by atomic mass is 35.5. The lowest BCUT2D eigenvalue weighted by atomic mass is 9.89. The Hall–Kier alpha value is -0.980. The summed E-state index contributed by atoms with van der Waals surface area (Å²) in [5.41, 5.74) is 1.64. The Balaban J connectivity index is 1.76. The maximum atomic E-state index is 10.9. The van der Waals surface area contributed by atoms with Crippen molar-refractivity contribution in [2.24, 2.45) is 0 Å². The summed E-state index contributed by atoms with van der Waals surface area (Å²) in [5.74, 6) is 2.21. The van der Waals surface area contributed by atoms with Gasteiger partial charge < -0.3 is 10.1 Å². The van der Waals surface area contributed by atoms with Crippen LogP contribution in [-0.2, 0) is 4.74 Å². The Bertz CT molecular complexity index is 567. The van der Waals surface area contributed by atoms with Crippen molar-refractivity contribution >= 4 is 34.7 Å². The maximum absolute atomic E-state index is 10.9. The van der Waals surface area contributed by atoms with E-state index in [1.807, 2.05) is 18.7 Å². The van der Waals surface area contributed by atoms with Crippen molar-refractivity contribution < 1.29 is 9.66 Å². The third kappa shape index (κ3) is 3.19. The molecule has 0 aromatic heterocycles. The maximum Gasteiger partial charge on any atom is 0.271 e. The fourth-order valence-electron chi connectivity index (χ4n) is 3.23. The van der Waals surface area contributed by atoms with Crippen LogP contribution >= 0.6 is 23.4 Å². The number of rotatable bonds is 3. The number of thioether (sulfide) groups is 1. The molecule has 2 saturated heterocycles. The lowest BCUT2D eigenvalue weighted by molar-refractivity contribution is -0.384. The molecule has 0 radical (unpaired) electrons. The second kappa shape index (κ2) is 6.26. The summed E-state index contributed by atoms with van der Waals surface area (Å²) in [7, 11) is 0. The summed E-state index contributed by atoms with van der Waals surface area (Å²) in [6.07, 6.45) is 2.99. The molecule has 0 saturated carbocycles. The van der Waals surface area contributed by atoms with Crippen LogP contribution in [0.4, 0.5) is 11.4 Å². The summed E-state index contributed by atoms with van der Waals surface area (Å²) in [6, 6.07) is 3.27. The first-order valence-electron chi connectivity index (χ1n) is 7.42. The minimum absolute atomic E-state index is 0.00173. The molecular formula is C15H19ClN2O3S. The number of halogens is 1. The number of nitro groups is 1. The molecule has 1 aromatic rings. The summed E-state index contributed by atoms with van der Waals surface area (Å²) in [5, 5.41) is 14.8. The summed E-state index contributed by atoms with van der Waals surface area (Å²) >= 11 is 8.19. The minimum Gasteiger partial charge on any atom is -0.381 e. The zero-order valence-corrected chi connectivity index (χ0v) is 14.0. The highest BCUT2D eigenvalue weighted by molar-refractivity contribution is 7.99. The van der Waals surface area contributed by atoms with Gasteiger partial charge in [-0.3, -0.25) is 10.1 Å². The highest BCUT2D eigenvalue weighted by Crippen LogP contribution is 2.40. The molecule has 2 unspecified atom stereocenters. The van der Waals surface area contributed by atoms with Crippen LogP contribution in [0.2, 0.25) is 5.02 Å². The number of nitrogens with zero attached hydrogens (tertiary/aromatic N) is 1. The van der Waals surface area contributed by atoms with Gasteiger partial charge in [0.2, 0.25) is 0 Å². The Morgan fingerprint density at radius 1 is 1.55 bits per heavy atom. The van der Waals surface area contributed by atoms with E-state index in [1.165, 1.54) is 6.07 Å². The monoisotopic (exact) mass is 342 g/mol. The fourth-order valence-corrected chi connectivity index (χ4v) is 4.93. The van der Waals surface area contributed by atoms with Crippen LogP contribution in [-0.4, -0.2) is 34.7 Å². The Morgan fingerprint density at radius 3 is 3.00 bits per heavy atom. The van der Waals surface area contributed by atoms with E-state index in [9.17, 15) is 10.1 Å². The predicted octanol–water partition coefficient (Wildman–Crippen LogP) is 4.02. The number of aryl methyl sites for hydroxylation is 1. The fraction of sp³-hybridized carbons (Fsp3) is 0.600. The number of non-ortho nitro benzene ring substituents is 1. The predicted molar refractivity (Wildman–Crippen MR) is 90.1 cm³/mol. The van der Waals surface area contributed by atoms with Gasteiger partial charge in [0.05, 0.1) is 21.2 Å². The molecule has 2 aliphatic heterocycles. The molecule has 1 spiro atoms. The molecule has 1 N–H and O–H groups in total. The van der Waals surface area contributed by atoms with Crippen LogP contribution in [0.1, 0.15) is 24.8 Å². The first-order chi connectivity index (χ1) is 10.5. The molecule has 2 aliphatic rings. The van der Waals surface area contributed by atoms with E-state index in [2.05, 4.69) is 5.32 Å². The number of nitro benzene ring substituents is 1. The molecule has 2 fully saturated rings. The third-order valence-corrected chi connectivity index (χ3v) is 5.91. The van der Waals surface area contributed by atoms with Gasteiger partial charge in [0.15, 0.2) is 0 Å². The van der Waals surface area contributed by atoms with Gasteiger partial charge in [0.1, 0.15) is 0 Å². The van der Waals surface area contributed by atoms with Gasteiger partial charge in [-0.05, 0) is 37.5 Å². The Labute approximate surface area is 138 Å². The summed E-state index contributed by atoms with van der Waals surface area (Å²) in [6.45, 7) is 2.60. The lowest BCUT2D eigenvalue weighted by Gasteiger charge is -2.38. The quantitative estimate of drug-likeness (QED) is 0.663. The van der Waals surface area contributed by atoms with E-state index < -0.39 is 4.92 Å². The van der Waals surface area contributed by atoms with E-state index in [0.717, 1.165) is 48.6 Å². The van der Waals surface area contributed by atoms with Gasteiger partial charge in [0, 0.05) is 30.5 Å². The van der Waals surface area contributed by atoms with Gasteiger partial charge in [-0.1, -0.05) is 11.6 Å². The van der Waals surface area contributed by atoms with Crippen molar-refractivity contribution in [3.8, 4) is 0 Å². The number of benzene rings is 1. The Kier molecular flexibility index (Phi) is 4.52. The number of anilines is 1. The van der Waals surface area contributed by atoms with Gasteiger partial charge in [0.25, 0.3) is 5.69 Å². The molecule has 22 heavy (non-hydrogen) atoms. The van der Waals surface area contributed by atoms with Crippen molar-refractivity contribution in [1.29, 1.82) is 0 Å². The van der Waals surface area contributed by atoms with E-state index in [4.69, 9.17) is 16.3 Å². The largest absolute Gasteiger partial charge is 0.381 e. The Morgan fingerprint density at radius 2 is 2.36 bits per heavy atom. The molecule has 7 heteroatoms. The number of hydrogen-bond acceptors (Lipinski definition) is 5. The first kappa shape index (κ1) is 15.9.